The summed E-state index contributed by atoms with van der Waals surface area (Å²) in [6.07, 6.45) is 1.44. The van der Waals surface area contributed by atoms with Gasteiger partial charge in [-0.1, -0.05) is 6.07 Å². The SMILES string of the molecule is O=[C]c1cc(B(O)O)cc([N+](=O)[O-])c1. The third-order valence-corrected chi connectivity index (χ3v) is 1.57. The zero-order valence-electron chi connectivity index (χ0n) is 6.88. The average Bonchev–Trinajstić information content (AvgIpc) is 2.16. The van der Waals surface area contributed by atoms with Gasteiger partial charge in [0.05, 0.1) is 4.92 Å². The molecular formula is C7H5BNO5. The highest BCUT2D eigenvalue weighted by atomic mass is 16.6. The predicted octanol–water partition coefficient (Wildman–Crippen LogP) is -1.27. The van der Waals surface area contributed by atoms with Gasteiger partial charge in [-0.3, -0.25) is 14.9 Å². The van der Waals surface area contributed by atoms with Crippen LogP contribution in [0.3, 0.4) is 0 Å². The predicted molar refractivity (Wildman–Crippen MR) is 47.7 cm³/mol. The van der Waals surface area contributed by atoms with Gasteiger partial charge in [0, 0.05) is 17.7 Å². The quantitative estimate of drug-likeness (QED) is 0.355. The van der Waals surface area contributed by atoms with E-state index in [2.05, 4.69) is 0 Å². The van der Waals surface area contributed by atoms with Crippen molar-refractivity contribution < 1.29 is 19.8 Å². The fourth-order valence-electron chi connectivity index (χ4n) is 0.948. The lowest BCUT2D eigenvalue weighted by molar-refractivity contribution is -0.384. The molecule has 71 valence electrons. The van der Waals surface area contributed by atoms with Crippen LogP contribution in [0.5, 0.6) is 0 Å². The molecule has 0 saturated carbocycles. The molecule has 0 saturated heterocycles. The number of hydrogen-bond acceptors (Lipinski definition) is 5. The van der Waals surface area contributed by atoms with Crippen LogP contribution in [0.4, 0.5) is 5.69 Å². The molecule has 1 radical (unpaired) electrons. The van der Waals surface area contributed by atoms with Gasteiger partial charge in [0.2, 0.25) is 6.29 Å². The van der Waals surface area contributed by atoms with Crippen LogP contribution >= 0.6 is 0 Å². The summed E-state index contributed by atoms with van der Waals surface area (Å²) >= 11 is 0. The van der Waals surface area contributed by atoms with Crippen LogP contribution in [0, 0.1) is 10.1 Å². The standard InChI is InChI=1S/C7H5BNO5/c10-4-5-1-6(8(11)12)3-7(2-5)9(13)14/h1-3,11-12H. The Morgan fingerprint density at radius 1 is 1.36 bits per heavy atom. The zero-order chi connectivity index (χ0) is 10.7. The Balaban J connectivity index is 3.27. The van der Waals surface area contributed by atoms with Gasteiger partial charge in [0.1, 0.15) is 0 Å². The number of benzene rings is 1. The van der Waals surface area contributed by atoms with Gasteiger partial charge >= 0.3 is 7.12 Å². The minimum absolute atomic E-state index is 0.0951. The van der Waals surface area contributed by atoms with Crippen LogP contribution in [-0.4, -0.2) is 28.4 Å². The first-order chi connectivity index (χ1) is 6.54. The van der Waals surface area contributed by atoms with Crippen molar-refractivity contribution in [3.05, 3.63) is 33.9 Å². The van der Waals surface area contributed by atoms with Gasteiger partial charge in [-0.2, -0.15) is 0 Å². The lowest BCUT2D eigenvalue weighted by Crippen LogP contribution is -2.30. The van der Waals surface area contributed by atoms with Crippen LogP contribution < -0.4 is 5.46 Å². The molecule has 0 bridgehead atoms. The normalized spacial score (nSPS) is 9.57. The number of nitro benzene ring substituents is 1. The summed E-state index contributed by atoms with van der Waals surface area (Å²) in [7, 11) is -1.85. The van der Waals surface area contributed by atoms with Crippen molar-refractivity contribution in [3.8, 4) is 0 Å². The lowest BCUT2D eigenvalue weighted by Gasteiger charge is -1.99. The summed E-state index contributed by atoms with van der Waals surface area (Å²) in [4.78, 5) is 19.9. The van der Waals surface area contributed by atoms with Crippen molar-refractivity contribution in [2.24, 2.45) is 0 Å². The highest BCUT2D eigenvalue weighted by molar-refractivity contribution is 6.58. The molecule has 2 N–H and O–H groups in total. The minimum atomic E-state index is -1.85. The number of rotatable bonds is 3. The number of carbonyl (C=O) groups excluding carboxylic acids is 1. The zero-order valence-corrected chi connectivity index (χ0v) is 6.88. The summed E-state index contributed by atoms with van der Waals surface area (Å²) in [5.74, 6) is 0. The Hall–Kier alpha value is -1.73. The van der Waals surface area contributed by atoms with E-state index >= 15 is 0 Å². The molecule has 0 fully saturated rings. The molecule has 0 aromatic heterocycles. The van der Waals surface area contributed by atoms with E-state index in [1.54, 1.807) is 0 Å². The number of hydrogen-bond donors (Lipinski definition) is 2. The largest absolute Gasteiger partial charge is 0.488 e. The first kappa shape index (κ1) is 10.4. The van der Waals surface area contributed by atoms with Crippen molar-refractivity contribution >= 4 is 24.6 Å². The van der Waals surface area contributed by atoms with E-state index in [4.69, 9.17) is 10.0 Å². The summed E-state index contributed by atoms with van der Waals surface area (Å²) in [5, 5.41) is 27.9. The highest BCUT2D eigenvalue weighted by Gasteiger charge is 2.17. The Kier molecular flexibility index (Phi) is 2.95. The smallest absolute Gasteiger partial charge is 0.423 e. The molecule has 0 heterocycles. The van der Waals surface area contributed by atoms with Crippen LogP contribution in [-0.2, 0) is 4.79 Å². The summed E-state index contributed by atoms with van der Waals surface area (Å²) in [6.45, 7) is 0. The highest BCUT2D eigenvalue weighted by Crippen LogP contribution is 2.10. The van der Waals surface area contributed by atoms with Crippen LogP contribution in [0.1, 0.15) is 5.56 Å². The van der Waals surface area contributed by atoms with E-state index in [0.717, 1.165) is 18.2 Å². The lowest BCUT2D eigenvalue weighted by atomic mass is 9.79. The topological polar surface area (TPSA) is 101 Å². The molecule has 6 nitrogen and oxygen atoms in total. The third-order valence-electron chi connectivity index (χ3n) is 1.57. The van der Waals surface area contributed by atoms with Gasteiger partial charge in [-0.05, 0) is 5.46 Å². The fraction of sp³-hybridized carbons (Fsp3) is 0. The Labute approximate surface area is 79.1 Å². The van der Waals surface area contributed by atoms with E-state index in [1.165, 1.54) is 6.29 Å². The maximum absolute atomic E-state index is 10.4. The molecule has 0 aliphatic heterocycles. The number of nitro groups is 1. The molecular weight excluding hydrogens is 189 g/mol. The summed E-state index contributed by atoms with van der Waals surface area (Å²) in [5.41, 5.74) is -0.589. The maximum Gasteiger partial charge on any atom is 0.488 e. The summed E-state index contributed by atoms with van der Waals surface area (Å²) in [6, 6.07) is 3.09. The van der Waals surface area contributed by atoms with Crippen LogP contribution in [0.2, 0.25) is 0 Å². The Morgan fingerprint density at radius 2 is 2.00 bits per heavy atom. The molecule has 0 aliphatic carbocycles. The molecule has 14 heavy (non-hydrogen) atoms. The molecule has 0 aliphatic rings. The van der Waals surface area contributed by atoms with E-state index in [9.17, 15) is 14.9 Å². The molecule has 0 unspecified atom stereocenters. The number of nitrogens with zero attached hydrogens (tertiary/aromatic N) is 1. The van der Waals surface area contributed by atoms with Gasteiger partial charge in [-0.15, -0.1) is 0 Å². The van der Waals surface area contributed by atoms with Crippen molar-refractivity contribution in [1.29, 1.82) is 0 Å². The van der Waals surface area contributed by atoms with E-state index in [0.29, 0.717) is 0 Å². The first-order valence-electron chi connectivity index (χ1n) is 3.58. The van der Waals surface area contributed by atoms with Gasteiger partial charge < -0.3 is 10.0 Å². The van der Waals surface area contributed by atoms with E-state index in [1.807, 2.05) is 0 Å². The maximum atomic E-state index is 10.4. The number of non-ortho nitro benzene ring substituents is 1. The first-order valence-corrected chi connectivity index (χ1v) is 3.58. The van der Waals surface area contributed by atoms with E-state index in [-0.39, 0.29) is 16.7 Å². The Morgan fingerprint density at radius 3 is 2.43 bits per heavy atom. The van der Waals surface area contributed by atoms with Crippen molar-refractivity contribution in [2.75, 3.05) is 0 Å². The molecule has 0 amide bonds. The molecule has 7 heteroatoms. The monoisotopic (exact) mass is 194 g/mol. The van der Waals surface area contributed by atoms with Crippen LogP contribution in [0.15, 0.2) is 18.2 Å². The molecule has 1 aromatic rings. The Bertz CT molecular complexity index is 378. The minimum Gasteiger partial charge on any atom is -0.423 e. The van der Waals surface area contributed by atoms with E-state index < -0.39 is 12.0 Å². The van der Waals surface area contributed by atoms with Gasteiger partial charge in [-0.25, -0.2) is 0 Å². The molecule has 0 atom stereocenters. The second-order valence-corrected chi connectivity index (χ2v) is 2.55. The third kappa shape index (κ3) is 2.15. The second-order valence-electron chi connectivity index (χ2n) is 2.55. The van der Waals surface area contributed by atoms with Crippen molar-refractivity contribution in [2.45, 2.75) is 0 Å². The summed E-state index contributed by atoms with van der Waals surface area (Å²) < 4.78 is 0. The fourth-order valence-corrected chi connectivity index (χ4v) is 0.948. The molecule has 0 spiro atoms. The van der Waals surface area contributed by atoms with Gasteiger partial charge in [0.15, 0.2) is 0 Å². The van der Waals surface area contributed by atoms with Gasteiger partial charge in [0.25, 0.3) is 5.69 Å². The molecule has 1 rings (SSSR count). The molecule has 1 aromatic carbocycles. The van der Waals surface area contributed by atoms with Crippen LogP contribution in [0.25, 0.3) is 0 Å². The van der Waals surface area contributed by atoms with Crippen molar-refractivity contribution in [1.82, 2.24) is 0 Å². The average molecular weight is 194 g/mol. The van der Waals surface area contributed by atoms with Crippen molar-refractivity contribution in [3.63, 3.8) is 0 Å². The second kappa shape index (κ2) is 3.99.